The van der Waals surface area contributed by atoms with Crippen LogP contribution < -0.4 is 16.4 Å². The maximum atomic E-state index is 12.0. The van der Waals surface area contributed by atoms with E-state index in [0.29, 0.717) is 0 Å². The Bertz CT molecular complexity index is 797. The van der Waals surface area contributed by atoms with Crippen LogP contribution in [0.4, 0.5) is 0 Å². The van der Waals surface area contributed by atoms with Crippen LogP contribution in [-0.4, -0.2) is 31.8 Å². The van der Waals surface area contributed by atoms with Gasteiger partial charge in [-0.2, -0.15) is 5.10 Å². The molecule has 1 N–H and O–H groups in total. The fourth-order valence-electron chi connectivity index (χ4n) is 2.14. The molecule has 0 spiro atoms. The lowest BCUT2D eigenvalue weighted by molar-refractivity contribution is -0.121. The number of amides is 1. The summed E-state index contributed by atoms with van der Waals surface area (Å²) in [4.78, 5) is 39.5. The Morgan fingerprint density at radius 3 is 2.83 bits per heavy atom. The maximum absolute atomic E-state index is 12.0. The number of hydrogen-bond acceptors (Lipinski definition) is 5. The fourth-order valence-corrected chi connectivity index (χ4v) is 2.14. The standard InChI is InChI=1S/C16H21N5O3/c1-2-3-5-13-10-16(24)20(12-18-13)11-14(22)17-8-9-21-15(23)6-4-7-19-21/h4,6-7,10,12H,2-3,5,8-9,11H2,1H3,(H,17,22). The van der Waals surface area contributed by atoms with Gasteiger partial charge in [0.15, 0.2) is 0 Å². The lowest BCUT2D eigenvalue weighted by Gasteiger charge is -2.08. The molecule has 128 valence electrons. The van der Waals surface area contributed by atoms with E-state index in [0.717, 1.165) is 25.0 Å². The minimum atomic E-state index is -0.316. The van der Waals surface area contributed by atoms with Crippen molar-refractivity contribution in [3.8, 4) is 0 Å². The number of aromatic nitrogens is 4. The lowest BCUT2D eigenvalue weighted by atomic mass is 10.2. The number of nitrogens with one attached hydrogen (secondary N) is 1. The molecule has 0 atom stereocenters. The molecule has 2 rings (SSSR count). The van der Waals surface area contributed by atoms with E-state index in [1.54, 1.807) is 6.07 Å². The van der Waals surface area contributed by atoms with Crippen molar-refractivity contribution in [3.63, 3.8) is 0 Å². The molecule has 2 aromatic heterocycles. The average molecular weight is 331 g/mol. The Morgan fingerprint density at radius 1 is 1.29 bits per heavy atom. The van der Waals surface area contributed by atoms with Gasteiger partial charge < -0.3 is 5.32 Å². The van der Waals surface area contributed by atoms with E-state index in [-0.39, 0.29) is 36.7 Å². The van der Waals surface area contributed by atoms with E-state index < -0.39 is 0 Å². The van der Waals surface area contributed by atoms with Crippen LogP contribution in [0.3, 0.4) is 0 Å². The molecule has 1 amide bonds. The highest BCUT2D eigenvalue weighted by molar-refractivity contribution is 5.75. The van der Waals surface area contributed by atoms with Crippen molar-refractivity contribution in [2.24, 2.45) is 0 Å². The first-order chi connectivity index (χ1) is 11.6. The second kappa shape index (κ2) is 8.76. The van der Waals surface area contributed by atoms with Gasteiger partial charge in [0.05, 0.1) is 12.9 Å². The molecule has 0 radical (unpaired) electrons. The summed E-state index contributed by atoms with van der Waals surface area (Å²) in [5.74, 6) is -0.316. The second-order valence-electron chi connectivity index (χ2n) is 5.38. The number of nitrogens with zero attached hydrogens (tertiary/aromatic N) is 4. The Hall–Kier alpha value is -2.77. The predicted octanol–water partition coefficient (Wildman–Crippen LogP) is -0.0410. The number of hydrogen-bond donors (Lipinski definition) is 1. The second-order valence-corrected chi connectivity index (χ2v) is 5.38. The summed E-state index contributed by atoms with van der Waals surface area (Å²) in [6.07, 6.45) is 5.68. The zero-order valence-electron chi connectivity index (χ0n) is 13.6. The average Bonchev–Trinajstić information content (AvgIpc) is 2.57. The first-order valence-electron chi connectivity index (χ1n) is 7.94. The summed E-state index contributed by atoms with van der Waals surface area (Å²) < 4.78 is 2.52. The summed E-state index contributed by atoms with van der Waals surface area (Å²) in [5.41, 5.74) is 0.273. The van der Waals surface area contributed by atoms with Crippen LogP contribution in [0.2, 0.25) is 0 Å². The Balaban J connectivity index is 1.85. The van der Waals surface area contributed by atoms with Gasteiger partial charge in [0.1, 0.15) is 6.54 Å². The highest BCUT2D eigenvalue weighted by Gasteiger charge is 2.06. The van der Waals surface area contributed by atoms with Gasteiger partial charge in [-0.15, -0.1) is 0 Å². The zero-order valence-corrected chi connectivity index (χ0v) is 13.6. The lowest BCUT2D eigenvalue weighted by Crippen LogP contribution is -2.35. The molecule has 0 fully saturated rings. The SMILES string of the molecule is CCCCc1cc(=O)n(CC(=O)NCCn2ncccc2=O)cn1. The number of unbranched alkanes of at least 4 members (excludes halogenated alkanes) is 1. The van der Waals surface area contributed by atoms with E-state index in [9.17, 15) is 14.4 Å². The molecule has 8 nitrogen and oxygen atoms in total. The maximum Gasteiger partial charge on any atom is 0.266 e. The smallest absolute Gasteiger partial charge is 0.266 e. The van der Waals surface area contributed by atoms with Crippen molar-refractivity contribution in [1.82, 2.24) is 24.6 Å². The summed E-state index contributed by atoms with van der Waals surface area (Å²) >= 11 is 0. The van der Waals surface area contributed by atoms with Gasteiger partial charge in [-0.05, 0) is 18.9 Å². The predicted molar refractivity (Wildman–Crippen MR) is 88.6 cm³/mol. The number of carbonyl (C=O) groups excluding carboxylic acids is 1. The molecule has 0 aliphatic heterocycles. The van der Waals surface area contributed by atoms with E-state index in [1.807, 2.05) is 0 Å². The highest BCUT2D eigenvalue weighted by Crippen LogP contribution is 1.98. The highest BCUT2D eigenvalue weighted by atomic mass is 16.2. The van der Waals surface area contributed by atoms with E-state index in [2.05, 4.69) is 22.3 Å². The van der Waals surface area contributed by atoms with Crippen molar-refractivity contribution < 1.29 is 4.79 Å². The van der Waals surface area contributed by atoms with Crippen LogP contribution >= 0.6 is 0 Å². The summed E-state index contributed by atoms with van der Waals surface area (Å²) in [6, 6.07) is 4.43. The summed E-state index contributed by atoms with van der Waals surface area (Å²) in [6.45, 7) is 2.50. The van der Waals surface area contributed by atoms with E-state index >= 15 is 0 Å². The van der Waals surface area contributed by atoms with Gasteiger partial charge in [-0.25, -0.2) is 9.67 Å². The summed E-state index contributed by atoms with van der Waals surface area (Å²) in [5, 5.41) is 6.55. The minimum absolute atomic E-state index is 0.100. The molecule has 24 heavy (non-hydrogen) atoms. The van der Waals surface area contributed by atoms with Crippen LogP contribution in [-0.2, 0) is 24.3 Å². The summed E-state index contributed by atoms with van der Waals surface area (Å²) in [7, 11) is 0. The molecule has 0 aliphatic rings. The minimum Gasteiger partial charge on any atom is -0.353 e. The van der Waals surface area contributed by atoms with Crippen molar-refractivity contribution in [2.75, 3.05) is 6.54 Å². The third kappa shape index (κ3) is 5.15. The molecular weight excluding hydrogens is 310 g/mol. The van der Waals surface area contributed by atoms with E-state index in [1.165, 1.54) is 33.9 Å². The Labute approximate surface area is 139 Å². The number of carbonyl (C=O) groups is 1. The Morgan fingerprint density at radius 2 is 2.12 bits per heavy atom. The van der Waals surface area contributed by atoms with Gasteiger partial charge in [-0.1, -0.05) is 13.3 Å². The molecule has 0 saturated carbocycles. The first kappa shape index (κ1) is 17.6. The molecule has 0 aliphatic carbocycles. The van der Waals surface area contributed by atoms with Crippen LogP contribution in [0.15, 0.2) is 40.3 Å². The zero-order chi connectivity index (χ0) is 17.4. The van der Waals surface area contributed by atoms with Crippen molar-refractivity contribution in [2.45, 2.75) is 39.3 Å². The first-order valence-corrected chi connectivity index (χ1v) is 7.94. The molecule has 0 unspecified atom stereocenters. The van der Waals surface area contributed by atoms with Gasteiger partial charge in [0, 0.05) is 30.6 Å². The third-order valence-corrected chi connectivity index (χ3v) is 3.47. The quantitative estimate of drug-likeness (QED) is 0.732. The molecule has 8 heteroatoms. The van der Waals surface area contributed by atoms with Crippen LogP contribution in [0.1, 0.15) is 25.5 Å². The van der Waals surface area contributed by atoms with Gasteiger partial charge >= 0.3 is 0 Å². The van der Waals surface area contributed by atoms with Gasteiger partial charge in [0.2, 0.25) is 5.91 Å². The van der Waals surface area contributed by atoms with Crippen LogP contribution in [0.5, 0.6) is 0 Å². The van der Waals surface area contributed by atoms with Gasteiger partial charge in [-0.3, -0.25) is 19.0 Å². The number of aryl methyl sites for hydroxylation is 1. The van der Waals surface area contributed by atoms with Crippen LogP contribution in [0.25, 0.3) is 0 Å². The molecule has 2 aromatic rings. The third-order valence-electron chi connectivity index (χ3n) is 3.47. The molecule has 0 bridgehead atoms. The van der Waals surface area contributed by atoms with E-state index in [4.69, 9.17) is 0 Å². The van der Waals surface area contributed by atoms with Crippen LogP contribution in [0, 0.1) is 0 Å². The fraction of sp³-hybridized carbons (Fsp3) is 0.438. The number of rotatable bonds is 8. The normalized spacial score (nSPS) is 10.5. The molecule has 0 saturated heterocycles. The van der Waals surface area contributed by atoms with Crippen molar-refractivity contribution in [1.29, 1.82) is 0 Å². The topological polar surface area (TPSA) is 98.9 Å². The molecular formula is C16H21N5O3. The van der Waals surface area contributed by atoms with Crippen molar-refractivity contribution in [3.05, 3.63) is 57.1 Å². The Kier molecular flexibility index (Phi) is 6.41. The monoisotopic (exact) mass is 331 g/mol. The molecule has 2 heterocycles. The molecule has 0 aromatic carbocycles. The van der Waals surface area contributed by atoms with Crippen molar-refractivity contribution >= 4 is 5.91 Å². The largest absolute Gasteiger partial charge is 0.353 e. The van der Waals surface area contributed by atoms with Gasteiger partial charge in [0.25, 0.3) is 11.1 Å².